The largest absolute Gasteiger partial charge is 0.416 e. The minimum Gasteiger partial charge on any atom is -0.387 e. The third-order valence-corrected chi connectivity index (χ3v) is 3.98. The zero-order valence-electron chi connectivity index (χ0n) is 11.5. The first-order valence-corrected chi connectivity index (χ1v) is 6.97. The van der Waals surface area contributed by atoms with Crippen LogP contribution in [0.5, 0.6) is 0 Å². The lowest BCUT2D eigenvalue weighted by atomic mass is 10.1. The molecule has 0 radical (unpaired) electrons. The van der Waals surface area contributed by atoms with Crippen LogP contribution in [0.1, 0.15) is 37.0 Å². The van der Waals surface area contributed by atoms with Crippen molar-refractivity contribution in [3.63, 3.8) is 0 Å². The van der Waals surface area contributed by atoms with Crippen LogP contribution in [-0.2, 0) is 6.18 Å². The summed E-state index contributed by atoms with van der Waals surface area (Å²) in [6.45, 7) is 4.37. The minimum atomic E-state index is -4.36. The van der Waals surface area contributed by atoms with Crippen molar-refractivity contribution in [3.05, 3.63) is 35.4 Å². The molecule has 0 bridgehead atoms. The monoisotopic (exact) mass is 287 g/mol. The molecule has 0 saturated carbocycles. The lowest BCUT2D eigenvalue weighted by Gasteiger charge is -2.21. The van der Waals surface area contributed by atoms with E-state index in [9.17, 15) is 18.3 Å². The maximum atomic E-state index is 12.6. The van der Waals surface area contributed by atoms with Gasteiger partial charge < -0.3 is 10.0 Å². The highest BCUT2D eigenvalue weighted by molar-refractivity contribution is 5.27. The number of nitrogens with zero attached hydrogens (tertiary/aromatic N) is 1. The molecule has 0 aromatic heterocycles. The van der Waals surface area contributed by atoms with Crippen molar-refractivity contribution < 1.29 is 18.3 Å². The number of hydrogen-bond donors (Lipinski definition) is 1. The predicted octanol–water partition coefficient (Wildman–Crippen LogP) is 3.47. The third-order valence-electron chi connectivity index (χ3n) is 3.98. The lowest BCUT2D eigenvalue weighted by Crippen LogP contribution is -2.26. The molecule has 1 aliphatic rings. The van der Waals surface area contributed by atoms with Crippen LogP contribution < -0.4 is 0 Å². The summed E-state index contributed by atoms with van der Waals surface area (Å²) < 4.78 is 37.9. The van der Waals surface area contributed by atoms with E-state index in [0.717, 1.165) is 38.1 Å². The topological polar surface area (TPSA) is 23.5 Å². The van der Waals surface area contributed by atoms with Crippen LogP contribution in [0.4, 0.5) is 13.2 Å². The van der Waals surface area contributed by atoms with Crippen molar-refractivity contribution in [2.24, 2.45) is 5.92 Å². The van der Waals surface area contributed by atoms with E-state index in [2.05, 4.69) is 11.8 Å². The average Bonchev–Trinajstić information content (AvgIpc) is 2.85. The number of benzene rings is 1. The van der Waals surface area contributed by atoms with Gasteiger partial charge in [0.25, 0.3) is 0 Å². The van der Waals surface area contributed by atoms with E-state index in [1.807, 2.05) is 0 Å². The summed E-state index contributed by atoms with van der Waals surface area (Å²) in [6.07, 6.45) is -3.02. The van der Waals surface area contributed by atoms with Crippen LogP contribution in [0.2, 0.25) is 0 Å². The number of β-amino-alcohol motifs (C(OH)–C–C–N with tert-alkyl or cyclic N) is 1. The van der Waals surface area contributed by atoms with Gasteiger partial charge >= 0.3 is 6.18 Å². The van der Waals surface area contributed by atoms with Gasteiger partial charge in [-0.15, -0.1) is 0 Å². The molecule has 1 fully saturated rings. The second-order valence-corrected chi connectivity index (χ2v) is 5.46. The van der Waals surface area contributed by atoms with Gasteiger partial charge in [0.15, 0.2) is 0 Å². The highest BCUT2D eigenvalue weighted by Crippen LogP contribution is 2.31. The van der Waals surface area contributed by atoms with E-state index < -0.39 is 17.8 Å². The fourth-order valence-corrected chi connectivity index (χ4v) is 2.68. The Morgan fingerprint density at radius 2 is 2.15 bits per heavy atom. The molecule has 0 amide bonds. The SMILES string of the molecule is CCC1CCN(CC(O)c2cccc(C(F)(F)F)c2)C1. The number of aliphatic hydroxyl groups is 1. The van der Waals surface area contributed by atoms with Crippen molar-refractivity contribution in [2.75, 3.05) is 19.6 Å². The molecule has 1 heterocycles. The van der Waals surface area contributed by atoms with Gasteiger partial charge in [-0.2, -0.15) is 13.2 Å². The Balaban J connectivity index is 2.01. The third kappa shape index (κ3) is 3.73. The fourth-order valence-electron chi connectivity index (χ4n) is 2.68. The molecule has 0 spiro atoms. The van der Waals surface area contributed by atoms with Crippen LogP contribution in [-0.4, -0.2) is 29.6 Å². The van der Waals surface area contributed by atoms with Crippen LogP contribution in [0.15, 0.2) is 24.3 Å². The summed E-state index contributed by atoms with van der Waals surface area (Å²) in [7, 11) is 0. The van der Waals surface area contributed by atoms with Crippen molar-refractivity contribution in [1.29, 1.82) is 0 Å². The normalized spacial score (nSPS) is 22.1. The molecule has 2 unspecified atom stereocenters. The number of aliphatic hydroxyl groups excluding tert-OH is 1. The lowest BCUT2D eigenvalue weighted by molar-refractivity contribution is -0.137. The fraction of sp³-hybridized carbons (Fsp3) is 0.600. The van der Waals surface area contributed by atoms with Crippen molar-refractivity contribution in [3.8, 4) is 0 Å². The zero-order valence-corrected chi connectivity index (χ0v) is 11.5. The van der Waals surface area contributed by atoms with Gasteiger partial charge in [0, 0.05) is 13.1 Å². The number of alkyl halides is 3. The second-order valence-electron chi connectivity index (χ2n) is 5.46. The molecule has 2 atom stereocenters. The molecule has 0 aliphatic carbocycles. The van der Waals surface area contributed by atoms with Gasteiger partial charge in [0.1, 0.15) is 0 Å². The van der Waals surface area contributed by atoms with E-state index in [-0.39, 0.29) is 0 Å². The molecule has 2 rings (SSSR count). The highest BCUT2D eigenvalue weighted by Gasteiger charge is 2.31. The molecular formula is C15H20F3NO. The summed E-state index contributed by atoms with van der Waals surface area (Å²) in [5.41, 5.74) is -0.373. The summed E-state index contributed by atoms with van der Waals surface area (Å²) in [4.78, 5) is 2.12. The van der Waals surface area contributed by atoms with Gasteiger partial charge in [-0.05, 0) is 36.6 Å². The summed E-state index contributed by atoms with van der Waals surface area (Å²) in [5.74, 6) is 0.642. The molecule has 20 heavy (non-hydrogen) atoms. The molecule has 2 nitrogen and oxygen atoms in total. The van der Waals surface area contributed by atoms with Gasteiger partial charge in [-0.3, -0.25) is 0 Å². The second kappa shape index (κ2) is 6.14. The van der Waals surface area contributed by atoms with E-state index in [1.165, 1.54) is 6.07 Å². The Bertz CT molecular complexity index is 447. The Morgan fingerprint density at radius 3 is 2.75 bits per heavy atom. The Kier molecular flexibility index (Phi) is 4.70. The molecule has 1 aromatic carbocycles. The number of rotatable bonds is 4. The van der Waals surface area contributed by atoms with E-state index in [0.29, 0.717) is 18.0 Å². The smallest absolute Gasteiger partial charge is 0.387 e. The number of likely N-dealkylation sites (tertiary alicyclic amines) is 1. The minimum absolute atomic E-state index is 0.333. The Labute approximate surface area is 117 Å². The maximum absolute atomic E-state index is 12.6. The van der Waals surface area contributed by atoms with E-state index in [4.69, 9.17) is 0 Å². The first-order chi connectivity index (χ1) is 9.40. The molecule has 5 heteroatoms. The average molecular weight is 287 g/mol. The van der Waals surface area contributed by atoms with Crippen LogP contribution in [0, 0.1) is 5.92 Å². The van der Waals surface area contributed by atoms with Crippen LogP contribution in [0.3, 0.4) is 0 Å². The maximum Gasteiger partial charge on any atom is 0.416 e. The first kappa shape index (κ1) is 15.3. The van der Waals surface area contributed by atoms with Crippen molar-refractivity contribution in [1.82, 2.24) is 4.90 Å². The molecule has 1 saturated heterocycles. The van der Waals surface area contributed by atoms with Crippen LogP contribution in [0.25, 0.3) is 0 Å². The molecule has 1 aliphatic heterocycles. The Morgan fingerprint density at radius 1 is 1.40 bits per heavy atom. The van der Waals surface area contributed by atoms with E-state index >= 15 is 0 Å². The standard InChI is InChI=1S/C15H20F3NO/c1-2-11-6-7-19(9-11)10-14(20)12-4-3-5-13(8-12)15(16,17)18/h3-5,8,11,14,20H,2,6-7,9-10H2,1H3. The molecular weight excluding hydrogens is 267 g/mol. The highest BCUT2D eigenvalue weighted by atomic mass is 19.4. The summed E-state index contributed by atoms with van der Waals surface area (Å²) in [5, 5.41) is 10.1. The summed E-state index contributed by atoms with van der Waals surface area (Å²) >= 11 is 0. The van der Waals surface area contributed by atoms with Gasteiger partial charge in [-0.1, -0.05) is 25.5 Å². The number of halogens is 3. The first-order valence-electron chi connectivity index (χ1n) is 6.97. The van der Waals surface area contributed by atoms with E-state index in [1.54, 1.807) is 6.07 Å². The molecule has 1 aromatic rings. The zero-order chi connectivity index (χ0) is 14.8. The van der Waals surface area contributed by atoms with Gasteiger partial charge in [0.05, 0.1) is 11.7 Å². The number of hydrogen-bond acceptors (Lipinski definition) is 2. The summed E-state index contributed by atoms with van der Waals surface area (Å²) in [6, 6.07) is 4.96. The van der Waals surface area contributed by atoms with Gasteiger partial charge in [0.2, 0.25) is 0 Å². The van der Waals surface area contributed by atoms with Crippen molar-refractivity contribution in [2.45, 2.75) is 32.0 Å². The predicted molar refractivity (Wildman–Crippen MR) is 71.2 cm³/mol. The molecule has 112 valence electrons. The Hall–Kier alpha value is -1.07. The van der Waals surface area contributed by atoms with Crippen molar-refractivity contribution >= 4 is 0 Å². The quantitative estimate of drug-likeness (QED) is 0.916. The molecule has 1 N–H and O–H groups in total. The van der Waals surface area contributed by atoms with Crippen LogP contribution >= 0.6 is 0 Å². The van der Waals surface area contributed by atoms with Gasteiger partial charge in [-0.25, -0.2) is 0 Å².